The van der Waals surface area contributed by atoms with Crippen molar-refractivity contribution in [3.63, 3.8) is 0 Å². The van der Waals surface area contributed by atoms with E-state index in [2.05, 4.69) is 118 Å². The van der Waals surface area contributed by atoms with Gasteiger partial charge in [-0.05, 0) is 122 Å². The van der Waals surface area contributed by atoms with Crippen LogP contribution in [-0.4, -0.2) is 37.2 Å². The molecule has 0 aliphatic heterocycles. The van der Waals surface area contributed by atoms with Crippen molar-refractivity contribution in [1.29, 1.82) is 0 Å². The Morgan fingerprint density at radius 3 is 0.863 bits per heavy atom. The van der Waals surface area contributed by atoms with Crippen LogP contribution in [0.1, 0.15) is 290 Å². The summed E-state index contributed by atoms with van der Waals surface area (Å²) in [7, 11) is 0. The molecule has 0 aromatic heterocycles. The molecule has 0 aliphatic rings. The van der Waals surface area contributed by atoms with Gasteiger partial charge in [0, 0.05) is 19.3 Å². The number of unbranched alkanes of at least 4 members (excludes halogenated alkanes) is 28. The van der Waals surface area contributed by atoms with E-state index in [4.69, 9.17) is 14.2 Å². The first-order valence-electron chi connectivity index (χ1n) is 30.7. The average Bonchev–Trinajstić information content (AvgIpc) is 3.39. The third kappa shape index (κ3) is 59.1. The van der Waals surface area contributed by atoms with E-state index >= 15 is 0 Å². The lowest BCUT2D eigenvalue weighted by atomic mass is 10.1. The quantitative estimate of drug-likeness (QED) is 0.0261. The summed E-state index contributed by atoms with van der Waals surface area (Å²) < 4.78 is 16.9. The molecule has 73 heavy (non-hydrogen) atoms. The Labute approximate surface area is 451 Å². The lowest BCUT2D eigenvalue weighted by Gasteiger charge is -2.18. The van der Waals surface area contributed by atoms with E-state index < -0.39 is 6.10 Å². The Morgan fingerprint density at radius 1 is 0.288 bits per heavy atom. The molecular formula is C67H114O6. The summed E-state index contributed by atoms with van der Waals surface area (Å²) >= 11 is 0. The number of rotatable bonds is 55. The summed E-state index contributed by atoms with van der Waals surface area (Å²) in [4.78, 5) is 38.3. The third-order valence-electron chi connectivity index (χ3n) is 13.0. The largest absolute Gasteiger partial charge is 0.462 e. The monoisotopic (exact) mass is 1010 g/mol. The number of hydrogen-bond acceptors (Lipinski definition) is 6. The molecule has 0 amide bonds. The minimum absolute atomic E-state index is 0.0919. The average molecular weight is 1020 g/mol. The van der Waals surface area contributed by atoms with Gasteiger partial charge in [-0.2, -0.15) is 0 Å². The van der Waals surface area contributed by atoms with Crippen molar-refractivity contribution in [3.05, 3.63) is 97.2 Å². The molecule has 0 saturated heterocycles. The molecule has 418 valence electrons. The Balaban J connectivity index is 4.43. The summed E-state index contributed by atoms with van der Waals surface area (Å²) in [6, 6.07) is 0. The summed E-state index contributed by atoms with van der Waals surface area (Å²) in [5.74, 6) is -0.918. The Bertz CT molecular complexity index is 1440. The van der Waals surface area contributed by atoms with E-state index in [-0.39, 0.29) is 31.1 Å². The maximum Gasteiger partial charge on any atom is 0.306 e. The van der Waals surface area contributed by atoms with Gasteiger partial charge in [0.05, 0.1) is 0 Å². The van der Waals surface area contributed by atoms with Crippen LogP contribution in [-0.2, 0) is 28.6 Å². The van der Waals surface area contributed by atoms with E-state index in [0.717, 1.165) is 122 Å². The SMILES string of the molecule is CC/C=C\C/C=C\C/C=C\CCCCCCCC(=O)OCC(COC(=O)CCCCCCCC/C=C\C/C=C\C/C=C\CCCCCCC)OC(=O)CCCCCCCCCCC/C=C\C/C=C\CCCCC. The second kappa shape index (κ2) is 60.9. The van der Waals surface area contributed by atoms with E-state index in [1.807, 2.05) is 0 Å². The van der Waals surface area contributed by atoms with Gasteiger partial charge in [-0.1, -0.05) is 246 Å². The molecule has 0 aliphatic carbocycles. The highest BCUT2D eigenvalue weighted by atomic mass is 16.6. The number of hydrogen-bond donors (Lipinski definition) is 0. The van der Waals surface area contributed by atoms with Crippen LogP contribution < -0.4 is 0 Å². The fraction of sp³-hybridized carbons (Fsp3) is 0.716. The van der Waals surface area contributed by atoms with Crippen LogP contribution in [0.5, 0.6) is 0 Å². The zero-order valence-corrected chi connectivity index (χ0v) is 47.9. The molecular weight excluding hydrogens is 901 g/mol. The summed E-state index contributed by atoms with van der Waals surface area (Å²) in [5, 5.41) is 0. The van der Waals surface area contributed by atoms with E-state index in [0.29, 0.717) is 19.3 Å². The van der Waals surface area contributed by atoms with Crippen LogP contribution in [0, 0.1) is 0 Å². The van der Waals surface area contributed by atoms with Crippen molar-refractivity contribution in [1.82, 2.24) is 0 Å². The minimum atomic E-state index is -0.795. The summed E-state index contributed by atoms with van der Waals surface area (Å²) in [6.07, 6.45) is 81.1. The van der Waals surface area contributed by atoms with Gasteiger partial charge in [-0.15, -0.1) is 0 Å². The second-order valence-corrected chi connectivity index (χ2v) is 20.2. The molecule has 0 saturated carbocycles. The van der Waals surface area contributed by atoms with Crippen molar-refractivity contribution in [2.75, 3.05) is 13.2 Å². The van der Waals surface area contributed by atoms with Gasteiger partial charge in [-0.3, -0.25) is 14.4 Å². The van der Waals surface area contributed by atoms with Crippen LogP contribution in [0.15, 0.2) is 97.2 Å². The Kier molecular flexibility index (Phi) is 57.8. The number of carbonyl (C=O) groups is 3. The Morgan fingerprint density at radius 2 is 0.534 bits per heavy atom. The van der Waals surface area contributed by atoms with Crippen LogP contribution in [0.2, 0.25) is 0 Å². The first kappa shape index (κ1) is 69.3. The molecule has 0 fully saturated rings. The Hall–Kier alpha value is -3.67. The molecule has 0 aromatic rings. The van der Waals surface area contributed by atoms with Gasteiger partial charge in [0.15, 0.2) is 6.10 Å². The van der Waals surface area contributed by atoms with Crippen LogP contribution >= 0.6 is 0 Å². The molecule has 0 rings (SSSR count). The summed E-state index contributed by atoms with van der Waals surface area (Å²) in [6.45, 7) is 6.48. The number of ether oxygens (including phenoxy) is 3. The smallest absolute Gasteiger partial charge is 0.306 e. The van der Waals surface area contributed by atoms with Gasteiger partial charge >= 0.3 is 17.9 Å². The molecule has 0 spiro atoms. The van der Waals surface area contributed by atoms with Crippen molar-refractivity contribution >= 4 is 17.9 Å². The van der Waals surface area contributed by atoms with Gasteiger partial charge in [0.25, 0.3) is 0 Å². The second-order valence-electron chi connectivity index (χ2n) is 20.2. The number of esters is 3. The van der Waals surface area contributed by atoms with Gasteiger partial charge in [-0.25, -0.2) is 0 Å². The van der Waals surface area contributed by atoms with Gasteiger partial charge in [0.1, 0.15) is 13.2 Å². The highest BCUT2D eigenvalue weighted by Crippen LogP contribution is 2.15. The first-order valence-corrected chi connectivity index (χ1v) is 30.7. The molecule has 0 bridgehead atoms. The van der Waals surface area contributed by atoms with E-state index in [1.54, 1.807) is 0 Å². The molecule has 1 unspecified atom stereocenters. The first-order chi connectivity index (χ1) is 36.0. The number of allylic oxidation sites excluding steroid dienone is 16. The molecule has 6 heteroatoms. The van der Waals surface area contributed by atoms with Crippen LogP contribution in [0.3, 0.4) is 0 Å². The van der Waals surface area contributed by atoms with Crippen LogP contribution in [0.25, 0.3) is 0 Å². The fourth-order valence-electron chi connectivity index (χ4n) is 8.44. The molecule has 6 nitrogen and oxygen atoms in total. The molecule has 0 radical (unpaired) electrons. The third-order valence-corrected chi connectivity index (χ3v) is 13.0. The van der Waals surface area contributed by atoms with E-state index in [9.17, 15) is 14.4 Å². The highest BCUT2D eigenvalue weighted by Gasteiger charge is 2.19. The van der Waals surface area contributed by atoms with Crippen molar-refractivity contribution in [2.24, 2.45) is 0 Å². The lowest BCUT2D eigenvalue weighted by molar-refractivity contribution is -0.167. The van der Waals surface area contributed by atoms with E-state index in [1.165, 1.54) is 128 Å². The van der Waals surface area contributed by atoms with Gasteiger partial charge in [0.2, 0.25) is 0 Å². The lowest BCUT2D eigenvalue weighted by Crippen LogP contribution is -2.30. The number of carbonyl (C=O) groups excluding carboxylic acids is 3. The highest BCUT2D eigenvalue weighted by molar-refractivity contribution is 5.71. The normalized spacial score (nSPS) is 12.8. The standard InChI is InChI=1S/C67H114O6/c1-4-7-10-13-16-19-22-25-28-30-32-33-35-36-39-42-45-48-51-54-57-60-66(69)72-63-64(62-71-65(68)59-56-53-50-47-44-41-38-27-24-21-18-15-12-9-6-3)73-67(70)61-58-55-52-49-46-43-40-37-34-31-29-26-23-20-17-14-11-8-5-2/h9,12,17-18,20-22,25-27,29-30,32,35-36,38,64H,4-8,10-11,13-16,19,23-24,28,31,33-34,37,39-63H2,1-3H3/b12-9-,20-17-,21-18-,25-22-,29-26-,32-30-,36-35-,38-27-. The molecule has 0 aromatic carbocycles. The van der Waals surface area contributed by atoms with Crippen molar-refractivity contribution in [2.45, 2.75) is 297 Å². The minimum Gasteiger partial charge on any atom is -0.462 e. The zero-order chi connectivity index (χ0) is 52.9. The predicted molar refractivity (Wildman–Crippen MR) is 316 cm³/mol. The van der Waals surface area contributed by atoms with Crippen LogP contribution in [0.4, 0.5) is 0 Å². The fourth-order valence-corrected chi connectivity index (χ4v) is 8.44. The molecule has 1 atom stereocenters. The topological polar surface area (TPSA) is 78.9 Å². The van der Waals surface area contributed by atoms with Crippen molar-refractivity contribution in [3.8, 4) is 0 Å². The van der Waals surface area contributed by atoms with Gasteiger partial charge < -0.3 is 14.2 Å². The molecule has 0 heterocycles. The zero-order valence-electron chi connectivity index (χ0n) is 47.9. The summed E-state index contributed by atoms with van der Waals surface area (Å²) in [5.41, 5.74) is 0. The maximum atomic E-state index is 12.9. The maximum absolute atomic E-state index is 12.9. The molecule has 0 N–H and O–H groups in total. The predicted octanol–water partition coefficient (Wildman–Crippen LogP) is 20.9. The van der Waals surface area contributed by atoms with Crippen molar-refractivity contribution < 1.29 is 28.6 Å².